The molecule has 286 valence electrons. The molecule has 0 saturated carbocycles. The van der Waals surface area contributed by atoms with Crippen molar-refractivity contribution < 1.29 is 22.7 Å². The maximum Gasteiger partial charge on any atom is 0.326 e. The van der Waals surface area contributed by atoms with Crippen LogP contribution in [0.5, 0.6) is 5.75 Å². The van der Waals surface area contributed by atoms with E-state index in [1.807, 2.05) is 58.9 Å². The molecule has 0 radical (unpaired) electrons. The topological polar surface area (TPSA) is 138 Å². The summed E-state index contributed by atoms with van der Waals surface area (Å²) in [5.74, 6) is -0.00150. The average molecular weight is 806 g/mol. The van der Waals surface area contributed by atoms with Crippen LogP contribution < -0.4 is 15.2 Å². The van der Waals surface area contributed by atoms with Crippen molar-refractivity contribution in [3.05, 3.63) is 91.9 Å². The Morgan fingerprint density at radius 1 is 0.943 bits per heavy atom. The monoisotopic (exact) mass is 804 g/mol. The number of sulfonamides is 1. The highest BCUT2D eigenvalue weighted by Gasteiger charge is 2.60. The minimum absolute atomic E-state index is 0.0556. The van der Waals surface area contributed by atoms with Crippen molar-refractivity contribution in [3.8, 4) is 5.75 Å². The van der Waals surface area contributed by atoms with Gasteiger partial charge in [0.2, 0.25) is 15.9 Å². The highest BCUT2D eigenvalue weighted by molar-refractivity contribution is 7.89. The van der Waals surface area contributed by atoms with Crippen molar-refractivity contribution in [2.24, 2.45) is 10.1 Å². The molecule has 2 heterocycles. The molecule has 0 spiro atoms. The molecule has 1 saturated heterocycles. The van der Waals surface area contributed by atoms with Gasteiger partial charge in [0, 0.05) is 56.2 Å². The molecule has 11 nitrogen and oxygen atoms in total. The van der Waals surface area contributed by atoms with E-state index in [0.29, 0.717) is 54.9 Å². The first-order valence-electron chi connectivity index (χ1n) is 17.4. The van der Waals surface area contributed by atoms with Crippen molar-refractivity contribution in [1.82, 2.24) is 20.0 Å². The number of rotatable bonds is 9. The predicted molar refractivity (Wildman–Crippen MR) is 211 cm³/mol. The molecule has 2 aliphatic heterocycles. The van der Waals surface area contributed by atoms with Gasteiger partial charge >= 0.3 is 6.03 Å². The number of ether oxygens (including phenoxy) is 1. The normalized spacial score (nSPS) is 21.1. The van der Waals surface area contributed by atoms with E-state index in [1.54, 1.807) is 47.1 Å². The van der Waals surface area contributed by atoms with Crippen LogP contribution in [0.2, 0.25) is 15.1 Å². The Labute approximate surface area is 327 Å². The van der Waals surface area contributed by atoms with E-state index in [9.17, 15) is 13.2 Å². The molecule has 3 aromatic carbocycles. The van der Waals surface area contributed by atoms with E-state index in [-0.39, 0.29) is 45.6 Å². The molecule has 0 aromatic heterocycles. The van der Waals surface area contributed by atoms with Crippen LogP contribution in [0.3, 0.4) is 0 Å². The maximum atomic E-state index is 15.4. The third-order valence-electron chi connectivity index (χ3n) is 10.2. The number of hydrogen-bond donors (Lipinski definition) is 2. The quantitative estimate of drug-likeness (QED) is 0.245. The second-order valence-electron chi connectivity index (χ2n) is 14.7. The summed E-state index contributed by atoms with van der Waals surface area (Å²) >= 11 is 19.7. The lowest BCUT2D eigenvalue weighted by molar-refractivity contribution is -0.119. The Morgan fingerprint density at radius 2 is 1.49 bits per heavy atom. The number of primary sulfonamides is 1. The summed E-state index contributed by atoms with van der Waals surface area (Å²) in [4.78, 5) is 37.5. The molecule has 53 heavy (non-hydrogen) atoms. The predicted octanol–water partition coefficient (Wildman–Crippen LogP) is 6.76. The van der Waals surface area contributed by atoms with Crippen LogP contribution in [0, 0.1) is 0 Å². The number of carbonyl (C=O) groups is 2. The van der Waals surface area contributed by atoms with Gasteiger partial charge in [0.1, 0.15) is 21.8 Å². The molecule has 1 fully saturated rings. The van der Waals surface area contributed by atoms with Gasteiger partial charge in [-0.25, -0.2) is 18.4 Å². The lowest BCUT2D eigenvalue weighted by Gasteiger charge is -2.47. The number of piperazine rings is 1. The molecular weight excluding hydrogens is 759 g/mol. The number of nitrogens with zero attached hydrogens (tertiary/aromatic N) is 4. The highest BCUT2D eigenvalue weighted by Crippen LogP contribution is 2.55. The van der Waals surface area contributed by atoms with Crippen molar-refractivity contribution in [1.29, 1.82) is 0 Å². The van der Waals surface area contributed by atoms with Crippen LogP contribution in [-0.2, 0) is 31.3 Å². The molecular formula is C38H47Cl3N6O5S. The smallest absolute Gasteiger partial charge is 0.326 e. The average Bonchev–Trinajstić information content (AvgIpc) is 3.32. The second kappa shape index (κ2) is 15.4. The Hall–Kier alpha value is -3.39. The SMILES string of the molecule is CCOc1c(C2=N[C@@](C)(c3ccc(Cl)cc3)[C@@](C)(c3ccc(Cl)cc3)N2C(=O)N2CCN(CCNC(C)=O)CC2)cc(C(C)(C)C)c(Cl)c1S(N)(=O)=O. The van der Waals surface area contributed by atoms with Crippen LogP contribution in [0.1, 0.15) is 70.7 Å². The van der Waals surface area contributed by atoms with E-state index in [2.05, 4.69) is 10.2 Å². The largest absolute Gasteiger partial charge is 0.492 e. The lowest BCUT2D eigenvalue weighted by atomic mass is 9.71. The third-order valence-corrected chi connectivity index (χ3v) is 12.1. The Bertz CT molecular complexity index is 2010. The van der Waals surface area contributed by atoms with E-state index in [1.165, 1.54) is 6.92 Å². The number of amides is 3. The van der Waals surface area contributed by atoms with Crippen LogP contribution in [0.15, 0.2) is 64.5 Å². The van der Waals surface area contributed by atoms with Gasteiger partial charge in [-0.1, -0.05) is 79.8 Å². The molecule has 3 amide bonds. The summed E-state index contributed by atoms with van der Waals surface area (Å²) in [7, 11) is -4.46. The van der Waals surface area contributed by atoms with Gasteiger partial charge in [-0.05, 0) is 73.2 Å². The summed E-state index contributed by atoms with van der Waals surface area (Å²) < 4.78 is 32.9. The van der Waals surface area contributed by atoms with Crippen molar-refractivity contribution in [2.45, 2.75) is 69.9 Å². The number of nitrogens with one attached hydrogen (secondary N) is 1. The summed E-state index contributed by atoms with van der Waals surface area (Å²) in [5, 5.41) is 9.71. The fraction of sp³-hybridized carbons (Fsp3) is 0.447. The number of amidine groups is 1. The zero-order valence-corrected chi connectivity index (χ0v) is 34.2. The zero-order valence-electron chi connectivity index (χ0n) is 31.1. The van der Waals surface area contributed by atoms with Crippen LogP contribution >= 0.6 is 34.8 Å². The Kier molecular flexibility index (Phi) is 11.8. The van der Waals surface area contributed by atoms with Crippen LogP contribution in [0.25, 0.3) is 0 Å². The number of hydrogen-bond acceptors (Lipinski definition) is 7. The minimum atomic E-state index is -4.46. The molecule has 0 bridgehead atoms. The number of benzene rings is 3. The molecule has 3 N–H and O–H groups in total. The first-order chi connectivity index (χ1) is 24.7. The molecule has 15 heteroatoms. The Balaban J connectivity index is 1.81. The maximum absolute atomic E-state index is 15.4. The van der Waals surface area contributed by atoms with E-state index >= 15 is 4.79 Å². The standard InChI is InChI=1S/C38H47Cl3N6O5S/c1-8-52-32-29(23-30(36(3,4)5)31(41)33(32)53(42,50)51)34-44-37(6,25-9-13-27(39)14-10-25)38(7,26-11-15-28(40)16-12-26)47(34)35(49)46-21-19-45(20-22-46)18-17-43-24(2)48/h9-16,23H,8,17-22H2,1-7H3,(H,43,48)(H2,42,50,51)/t37-,38+/m0/s1. The van der Waals surface area contributed by atoms with Gasteiger partial charge in [0.05, 0.1) is 17.2 Å². The summed E-state index contributed by atoms with van der Waals surface area (Å²) in [6.45, 7) is 16.0. The number of aliphatic imine (C=N–C) groups is 1. The molecule has 0 aliphatic carbocycles. The molecule has 5 rings (SSSR count). The van der Waals surface area contributed by atoms with Gasteiger partial charge in [0.15, 0.2) is 5.75 Å². The molecule has 0 unspecified atom stereocenters. The lowest BCUT2D eigenvalue weighted by Crippen LogP contribution is -2.61. The van der Waals surface area contributed by atoms with E-state index < -0.39 is 26.5 Å². The summed E-state index contributed by atoms with van der Waals surface area (Å²) in [6, 6.07) is 16.0. The molecule has 2 aliphatic rings. The zero-order chi connectivity index (χ0) is 39.1. The van der Waals surface area contributed by atoms with Crippen LogP contribution in [-0.4, -0.2) is 86.8 Å². The number of nitrogens with two attached hydrogens (primary N) is 1. The van der Waals surface area contributed by atoms with Crippen LogP contribution in [0.4, 0.5) is 4.79 Å². The number of carbonyl (C=O) groups excluding carboxylic acids is 2. The summed E-state index contributed by atoms with van der Waals surface area (Å²) in [6.07, 6.45) is 0. The van der Waals surface area contributed by atoms with Crippen molar-refractivity contribution in [2.75, 3.05) is 45.9 Å². The van der Waals surface area contributed by atoms with Crippen molar-refractivity contribution >= 4 is 62.6 Å². The first kappa shape index (κ1) is 40.8. The second-order valence-corrected chi connectivity index (χ2v) is 17.4. The molecule has 2 atom stereocenters. The van der Waals surface area contributed by atoms with Gasteiger partial charge in [-0.15, -0.1) is 0 Å². The van der Waals surface area contributed by atoms with Gasteiger partial charge in [-0.2, -0.15) is 0 Å². The fourth-order valence-corrected chi connectivity index (χ4v) is 8.92. The first-order valence-corrected chi connectivity index (χ1v) is 20.1. The number of halogens is 3. The minimum Gasteiger partial charge on any atom is -0.492 e. The molecule has 3 aromatic rings. The van der Waals surface area contributed by atoms with Gasteiger partial charge in [0.25, 0.3) is 0 Å². The fourth-order valence-electron chi connectivity index (χ4n) is 7.13. The number of urea groups is 1. The highest BCUT2D eigenvalue weighted by atomic mass is 35.5. The summed E-state index contributed by atoms with van der Waals surface area (Å²) in [5.41, 5.74) is -0.838. The Morgan fingerprint density at radius 3 is 1.98 bits per heavy atom. The third kappa shape index (κ3) is 7.90. The van der Waals surface area contributed by atoms with E-state index in [4.69, 9.17) is 49.7 Å². The van der Waals surface area contributed by atoms with E-state index in [0.717, 1.165) is 11.1 Å². The van der Waals surface area contributed by atoms with Gasteiger partial charge < -0.3 is 15.0 Å². The van der Waals surface area contributed by atoms with Crippen molar-refractivity contribution in [3.63, 3.8) is 0 Å². The van der Waals surface area contributed by atoms with Gasteiger partial charge in [-0.3, -0.25) is 19.6 Å².